The molecule has 0 fully saturated rings. The van der Waals surface area contributed by atoms with Gasteiger partial charge in [0.2, 0.25) is 0 Å². The van der Waals surface area contributed by atoms with Gasteiger partial charge in [0, 0.05) is 5.69 Å². The molecule has 0 heterocycles. The molecule has 7 heteroatoms. The van der Waals surface area contributed by atoms with Crippen molar-refractivity contribution in [2.24, 2.45) is 0 Å². The van der Waals surface area contributed by atoms with Gasteiger partial charge in [-0.2, -0.15) is 0 Å². The number of hydrogen-bond donors (Lipinski definition) is 1. The molecule has 0 bridgehead atoms. The first-order valence-electron chi connectivity index (χ1n) is 5.59. The Kier molecular flexibility index (Phi) is 5.08. The second kappa shape index (κ2) is 6.55. The lowest BCUT2D eigenvalue weighted by Crippen LogP contribution is -2.26. The van der Waals surface area contributed by atoms with Gasteiger partial charge in [0.1, 0.15) is 0 Å². The van der Waals surface area contributed by atoms with Gasteiger partial charge in [-0.1, -0.05) is 6.07 Å². The number of esters is 3. The average molecular weight is 281 g/mol. The summed E-state index contributed by atoms with van der Waals surface area (Å²) in [7, 11) is 3.45. The Balaban J connectivity index is 3.43. The van der Waals surface area contributed by atoms with Gasteiger partial charge in [-0.15, -0.1) is 0 Å². The zero-order valence-corrected chi connectivity index (χ0v) is 11.3. The van der Waals surface area contributed by atoms with Crippen molar-refractivity contribution in [3.8, 4) is 0 Å². The minimum absolute atomic E-state index is 0.00769. The first kappa shape index (κ1) is 15.5. The number of hydrogen-bond acceptors (Lipinski definition) is 7. The number of methoxy groups -OCH3 is 3. The smallest absolute Gasteiger partial charge is 0.338 e. The number of rotatable bonds is 4. The number of anilines is 1. The molecule has 0 saturated carbocycles. The SMILES string of the molecule is COC(=O)c1cc(N)ccc1C(C(=O)OC)C(=O)OC. The van der Waals surface area contributed by atoms with E-state index in [1.165, 1.54) is 25.3 Å². The Morgan fingerprint density at radius 3 is 2.00 bits per heavy atom. The molecule has 108 valence electrons. The minimum Gasteiger partial charge on any atom is -0.468 e. The summed E-state index contributed by atoms with van der Waals surface area (Å²) in [6.45, 7) is 0. The summed E-state index contributed by atoms with van der Waals surface area (Å²) in [4.78, 5) is 35.2. The van der Waals surface area contributed by atoms with Gasteiger partial charge in [-0.25, -0.2) is 4.79 Å². The predicted octanol–water partition coefficient (Wildman–Crippen LogP) is 0.485. The lowest BCUT2D eigenvalue weighted by molar-refractivity contribution is -0.154. The summed E-state index contributed by atoms with van der Waals surface area (Å²) in [5.41, 5.74) is 6.01. The average Bonchev–Trinajstić information content (AvgIpc) is 2.47. The van der Waals surface area contributed by atoms with Crippen LogP contribution in [-0.2, 0) is 23.8 Å². The Hall–Kier alpha value is -2.57. The zero-order chi connectivity index (χ0) is 15.3. The molecule has 0 saturated heterocycles. The van der Waals surface area contributed by atoms with Crippen LogP contribution in [0.1, 0.15) is 21.8 Å². The molecule has 0 amide bonds. The Morgan fingerprint density at radius 2 is 1.55 bits per heavy atom. The van der Waals surface area contributed by atoms with Crippen LogP contribution in [0, 0.1) is 0 Å². The van der Waals surface area contributed by atoms with E-state index in [9.17, 15) is 14.4 Å². The molecule has 0 spiro atoms. The van der Waals surface area contributed by atoms with Crippen LogP contribution >= 0.6 is 0 Å². The summed E-state index contributed by atoms with van der Waals surface area (Å²) >= 11 is 0. The molecule has 0 radical (unpaired) electrons. The highest BCUT2D eigenvalue weighted by atomic mass is 16.5. The topological polar surface area (TPSA) is 105 Å². The number of benzene rings is 1. The van der Waals surface area contributed by atoms with E-state index in [4.69, 9.17) is 5.73 Å². The molecule has 1 rings (SSSR count). The van der Waals surface area contributed by atoms with Gasteiger partial charge < -0.3 is 19.9 Å². The van der Waals surface area contributed by atoms with Crippen LogP contribution in [0.15, 0.2) is 18.2 Å². The highest BCUT2D eigenvalue weighted by molar-refractivity contribution is 6.04. The van der Waals surface area contributed by atoms with E-state index < -0.39 is 23.8 Å². The number of ether oxygens (including phenoxy) is 3. The van der Waals surface area contributed by atoms with Crippen LogP contribution in [0.5, 0.6) is 0 Å². The quantitative estimate of drug-likeness (QED) is 0.370. The summed E-state index contributed by atoms with van der Waals surface area (Å²) in [6, 6.07) is 4.17. The normalized spacial score (nSPS) is 10.0. The molecule has 20 heavy (non-hydrogen) atoms. The Labute approximate surface area is 115 Å². The standard InChI is InChI=1S/C13H15NO6/c1-18-11(15)9-6-7(14)4-5-8(9)10(12(16)19-2)13(17)20-3/h4-6,10H,14H2,1-3H3. The monoisotopic (exact) mass is 281 g/mol. The van der Waals surface area contributed by atoms with E-state index in [2.05, 4.69) is 14.2 Å². The molecule has 0 aliphatic heterocycles. The molecule has 1 aromatic rings. The molecule has 0 aromatic heterocycles. The minimum atomic E-state index is -1.38. The van der Waals surface area contributed by atoms with Crippen LogP contribution in [0.25, 0.3) is 0 Å². The third-order valence-electron chi connectivity index (χ3n) is 2.67. The molecule has 0 aliphatic rings. The van der Waals surface area contributed by atoms with Crippen molar-refractivity contribution in [3.05, 3.63) is 29.3 Å². The van der Waals surface area contributed by atoms with Crippen LogP contribution in [0.4, 0.5) is 5.69 Å². The fraction of sp³-hybridized carbons (Fsp3) is 0.308. The maximum absolute atomic E-state index is 11.8. The molecule has 2 N–H and O–H groups in total. The Bertz CT molecular complexity index is 524. The fourth-order valence-electron chi connectivity index (χ4n) is 1.70. The number of nitrogen functional groups attached to an aromatic ring is 1. The van der Waals surface area contributed by atoms with Gasteiger partial charge >= 0.3 is 17.9 Å². The van der Waals surface area contributed by atoms with Crippen molar-refractivity contribution in [1.29, 1.82) is 0 Å². The molecule has 0 atom stereocenters. The van der Waals surface area contributed by atoms with Crippen LogP contribution < -0.4 is 5.73 Å². The molecular weight excluding hydrogens is 266 g/mol. The number of carbonyl (C=O) groups excluding carboxylic acids is 3. The van der Waals surface area contributed by atoms with E-state index in [0.717, 1.165) is 14.2 Å². The summed E-state index contributed by atoms with van der Waals surface area (Å²) in [5, 5.41) is 0. The fourth-order valence-corrected chi connectivity index (χ4v) is 1.70. The lowest BCUT2D eigenvalue weighted by atomic mass is 9.93. The van der Waals surface area contributed by atoms with Gasteiger partial charge in [0.25, 0.3) is 0 Å². The van der Waals surface area contributed by atoms with Gasteiger partial charge in [0.15, 0.2) is 5.92 Å². The maximum Gasteiger partial charge on any atom is 0.338 e. The van der Waals surface area contributed by atoms with E-state index in [1.807, 2.05) is 0 Å². The summed E-state index contributed by atoms with van der Waals surface area (Å²) < 4.78 is 13.7. The molecular formula is C13H15NO6. The van der Waals surface area contributed by atoms with Crippen molar-refractivity contribution < 1.29 is 28.6 Å². The van der Waals surface area contributed by atoms with Crippen LogP contribution in [0.3, 0.4) is 0 Å². The number of nitrogens with two attached hydrogens (primary N) is 1. The van der Waals surface area contributed by atoms with Gasteiger partial charge in [0.05, 0.1) is 26.9 Å². The Morgan fingerprint density at radius 1 is 1.00 bits per heavy atom. The van der Waals surface area contributed by atoms with Crippen molar-refractivity contribution in [1.82, 2.24) is 0 Å². The third-order valence-corrected chi connectivity index (χ3v) is 2.67. The summed E-state index contributed by atoms with van der Waals surface area (Å²) in [5.74, 6) is -3.77. The lowest BCUT2D eigenvalue weighted by Gasteiger charge is -2.16. The maximum atomic E-state index is 11.8. The van der Waals surface area contributed by atoms with Crippen molar-refractivity contribution >= 4 is 23.6 Å². The molecule has 7 nitrogen and oxygen atoms in total. The van der Waals surface area contributed by atoms with E-state index >= 15 is 0 Å². The van der Waals surface area contributed by atoms with E-state index in [1.54, 1.807) is 0 Å². The number of carbonyl (C=O) groups is 3. The van der Waals surface area contributed by atoms with E-state index in [0.29, 0.717) is 5.69 Å². The first-order valence-corrected chi connectivity index (χ1v) is 5.59. The highest BCUT2D eigenvalue weighted by Crippen LogP contribution is 2.25. The van der Waals surface area contributed by atoms with Crippen molar-refractivity contribution in [3.63, 3.8) is 0 Å². The molecule has 0 aliphatic carbocycles. The van der Waals surface area contributed by atoms with E-state index in [-0.39, 0.29) is 11.1 Å². The van der Waals surface area contributed by atoms with Gasteiger partial charge in [-0.05, 0) is 17.7 Å². The zero-order valence-electron chi connectivity index (χ0n) is 11.3. The molecule has 1 aromatic carbocycles. The third kappa shape index (κ3) is 3.05. The van der Waals surface area contributed by atoms with Crippen molar-refractivity contribution in [2.75, 3.05) is 27.1 Å². The van der Waals surface area contributed by atoms with Crippen LogP contribution in [-0.4, -0.2) is 39.2 Å². The second-order valence-electron chi connectivity index (χ2n) is 3.82. The van der Waals surface area contributed by atoms with Gasteiger partial charge in [-0.3, -0.25) is 9.59 Å². The van der Waals surface area contributed by atoms with Crippen LogP contribution in [0.2, 0.25) is 0 Å². The largest absolute Gasteiger partial charge is 0.468 e. The second-order valence-corrected chi connectivity index (χ2v) is 3.82. The van der Waals surface area contributed by atoms with Crippen molar-refractivity contribution in [2.45, 2.75) is 5.92 Å². The first-order chi connectivity index (χ1) is 9.46. The highest BCUT2D eigenvalue weighted by Gasteiger charge is 2.34. The predicted molar refractivity (Wildman–Crippen MR) is 69.0 cm³/mol. The molecule has 0 unspecified atom stereocenters. The summed E-state index contributed by atoms with van der Waals surface area (Å²) in [6.07, 6.45) is 0.